The third kappa shape index (κ3) is 2.38. The summed E-state index contributed by atoms with van der Waals surface area (Å²) in [5.74, 6) is 0. The Morgan fingerprint density at radius 1 is 1.18 bits per heavy atom. The van der Waals surface area contributed by atoms with Gasteiger partial charge >= 0.3 is 6.09 Å². The van der Waals surface area contributed by atoms with E-state index in [0.29, 0.717) is 31.7 Å². The van der Waals surface area contributed by atoms with E-state index < -0.39 is 6.09 Å². The fraction of sp³-hybridized carbons (Fsp3) is 0.333. The van der Waals surface area contributed by atoms with Gasteiger partial charge in [-0.2, -0.15) is 0 Å². The van der Waals surface area contributed by atoms with Gasteiger partial charge in [0.05, 0.1) is 0 Å². The Hall–Kier alpha value is -2.04. The number of hydrogen-bond acceptors (Lipinski definition) is 3. The summed E-state index contributed by atoms with van der Waals surface area (Å²) in [6.45, 7) is 2.19. The number of carboxylic acid groups (broad SMARTS) is 1. The molecule has 1 N–H and O–H groups in total. The molecule has 0 spiro atoms. The number of anilines is 1. The Morgan fingerprint density at radius 3 is 2.41 bits per heavy atom. The third-order valence-corrected chi connectivity index (χ3v) is 2.95. The molecule has 0 aliphatic carbocycles. The average Bonchev–Trinajstić information content (AvgIpc) is 2.39. The van der Waals surface area contributed by atoms with E-state index in [1.807, 2.05) is 23.1 Å². The summed E-state index contributed by atoms with van der Waals surface area (Å²) in [4.78, 5) is 25.1. The third-order valence-electron chi connectivity index (χ3n) is 2.95. The summed E-state index contributed by atoms with van der Waals surface area (Å²) < 4.78 is 0. The number of amides is 1. The van der Waals surface area contributed by atoms with Gasteiger partial charge in [-0.05, 0) is 12.1 Å². The molecule has 0 bridgehead atoms. The summed E-state index contributed by atoms with van der Waals surface area (Å²) in [7, 11) is 0. The van der Waals surface area contributed by atoms with Crippen molar-refractivity contribution in [1.29, 1.82) is 0 Å². The Morgan fingerprint density at radius 2 is 1.82 bits per heavy atom. The van der Waals surface area contributed by atoms with Gasteiger partial charge in [0.1, 0.15) is 0 Å². The number of benzene rings is 1. The van der Waals surface area contributed by atoms with Gasteiger partial charge in [0.15, 0.2) is 6.29 Å². The van der Waals surface area contributed by atoms with Crippen LogP contribution in [0.3, 0.4) is 0 Å². The summed E-state index contributed by atoms with van der Waals surface area (Å²) in [6.07, 6.45) is -0.0489. The van der Waals surface area contributed by atoms with Crippen LogP contribution in [0.2, 0.25) is 0 Å². The summed E-state index contributed by atoms with van der Waals surface area (Å²) in [5, 5.41) is 8.85. The van der Waals surface area contributed by atoms with Crippen LogP contribution < -0.4 is 4.90 Å². The number of carbonyl (C=O) groups is 2. The first-order valence-electron chi connectivity index (χ1n) is 5.49. The molecular formula is C12H14N2O3. The highest BCUT2D eigenvalue weighted by Crippen LogP contribution is 2.20. The maximum absolute atomic E-state index is 10.9. The molecule has 1 saturated heterocycles. The zero-order valence-corrected chi connectivity index (χ0v) is 9.37. The van der Waals surface area contributed by atoms with E-state index in [-0.39, 0.29) is 0 Å². The molecule has 0 radical (unpaired) electrons. The molecule has 5 nitrogen and oxygen atoms in total. The minimum Gasteiger partial charge on any atom is -0.465 e. The molecule has 90 valence electrons. The van der Waals surface area contributed by atoms with E-state index in [4.69, 9.17) is 5.11 Å². The first-order chi connectivity index (χ1) is 8.22. The topological polar surface area (TPSA) is 60.9 Å². The minimum atomic E-state index is -0.881. The second-order valence-electron chi connectivity index (χ2n) is 3.93. The smallest absolute Gasteiger partial charge is 0.407 e. The van der Waals surface area contributed by atoms with Crippen molar-refractivity contribution in [3.8, 4) is 0 Å². The van der Waals surface area contributed by atoms with E-state index in [2.05, 4.69) is 0 Å². The summed E-state index contributed by atoms with van der Waals surface area (Å²) in [5.41, 5.74) is 1.53. The lowest BCUT2D eigenvalue weighted by atomic mass is 10.1. The standard InChI is InChI=1S/C12H14N2O3/c15-9-10-3-1-2-4-11(10)13-5-7-14(8-6-13)12(16)17/h1-4,9H,5-8H2,(H,16,17). The van der Waals surface area contributed by atoms with Crippen LogP contribution in [0.1, 0.15) is 10.4 Å². The van der Waals surface area contributed by atoms with E-state index in [1.165, 1.54) is 4.90 Å². The van der Waals surface area contributed by atoms with Crippen LogP contribution in [0.5, 0.6) is 0 Å². The maximum Gasteiger partial charge on any atom is 0.407 e. The predicted molar refractivity (Wildman–Crippen MR) is 63.6 cm³/mol. The van der Waals surface area contributed by atoms with Crippen molar-refractivity contribution in [2.75, 3.05) is 31.1 Å². The largest absolute Gasteiger partial charge is 0.465 e. The van der Waals surface area contributed by atoms with Crippen LogP contribution in [-0.2, 0) is 0 Å². The molecule has 1 aliphatic rings. The van der Waals surface area contributed by atoms with Crippen LogP contribution >= 0.6 is 0 Å². The average molecular weight is 234 g/mol. The number of para-hydroxylation sites is 1. The Kier molecular flexibility index (Phi) is 3.27. The van der Waals surface area contributed by atoms with Gasteiger partial charge in [-0.3, -0.25) is 4.79 Å². The van der Waals surface area contributed by atoms with Gasteiger partial charge in [0.25, 0.3) is 0 Å². The first-order valence-corrected chi connectivity index (χ1v) is 5.49. The molecule has 1 amide bonds. The van der Waals surface area contributed by atoms with Gasteiger partial charge < -0.3 is 14.9 Å². The molecule has 1 fully saturated rings. The SMILES string of the molecule is O=Cc1ccccc1N1CCN(C(=O)O)CC1. The second-order valence-corrected chi connectivity index (χ2v) is 3.93. The number of rotatable bonds is 2. The molecule has 0 aromatic heterocycles. The van der Waals surface area contributed by atoms with Gasteiger partial charge in [0, 0.05) is 37.4 Å². The summed E-state index contributed by atoms with van der Waals surface area (Å²) >= 11 is 0. The Labute approximate surface area is 99.3 Å². The molecule has 5 heteroatoms. The maximum atomic E-state index is 10.9. The van der Waals surface area contributed by atoms with Crippen molar-refractivity contribution in [2.45, 2.75) is 0 Å². The van der Waals surface area contributed by atoms with Crippen molar-refractivity contribution in [3.63, 3.8) is 0 Å². The van der Waals surface area contributed by atoms with Gasteiger partial charge in [-0.1, -0.05) is 12.1 Å². The number of carbonyl (C=O) groups excluding carboxylic acids is 1. The first kappa shape index (κ1) is 11.4. The molecule has 2 rings (SSSR count). The van der Waals surface area contributed by atoms with Crippen LogP contribution in [0.4, 0.5) is 10.5 Å². The fourth-order valence-corrected chi connectivity index (χ4v) is 2.01. The predicted octanol–water partition coefficient (Wildman–Crippen LogP) is 1.30. The molecule has 1 aromatic rings. The van der Waals surface area contributed by atoms with Crippen molar-refractivity contribution >= 4 is 18.1 Å². The van der Waals surface area contributed by atoms with E-state index >= 15 is 0 Å². The lowest BCUT2D eigenvalue weighted by Gasteiger charge is -2.35. The van der Waals surface area contributed by atoms with Gasteiger partial charge in [0.2, 0.25) is 0 Å². The Bertz CT molecular complexity index is 426. The molecule has 17 heavy (non-hydrogen) atoms. The minimum absolute atomic E-state index is 0.475. The van der Waals surface area contributed by atoms with E-state index in [9.17, 15) is 9.59 Å². The number of nitrogens with zero attached hydrogens (tertiary/aromatic N) is 2. The van der Waals surface area contributed by atoms with Crippen molar-refractivity contribution in [2.24, 2.45) is 0 Å². The normalized spacial score (nSPS) is 15.8. The molecule has 0 atom stereocenters. The molecule has 1 aromatic carbocycles. The molecule has 1 heterocycles. The second kappa shape index (κ2) is 4.86. The lowest BCUT2D eigenvalue weighted by Crippen LogP contribution is -2.48. The Balaban J connectivity index is 2.10. The van der Waals surface area contributed by atoms with Crippen molar-refractivity contribution in [1.82, 2.24) is 4.90 Å². The van der Waals surface area contributed by atoms with Crippen LogP contribution in [0.25, 0.3) is 0 Å². The number of hydrogen-bond donors (Lipinski definition) is 1. The van der Waals surface area contributed by atoms with Crippen LogP contribution in [0, 0.1) is 0 Å². The molecule has 0 saturated carbocycles. The fourth-order valence-electron chi connectivity index (χ4n) is 2.01. The zero-order chi connectivity index (χ0) is 12.3. The summed E-state index contributed by atoms with van der Waals surface area (Å²) in [6, 6.07) is 7.36. The molecule has 1 aliphatic heterocycles. The number of aldehydes is 1. The van der Waals surface area contributed by atoms with Gasteiger partial charge in [-0.15, -0.1) is 0 Å². The highest BCUT2D eigenvalue weighted by Gasteiger charge is 2.21. The quantitative estimate of drug-likeness (QED) is 0.783. The monoisotopic (exact) mass is 234 g/mol. The zero-order valence-electron chi connectivity index (χ0n) is 9.37. The highest BCUT2D eigenvalue weighted by molar-refractivity contribution is 5.84. The highest BCUT2D eigenvalue weighted by atomic mass is 16.4. The van der Waals surface area contributed by atoms with Gasteiger partial charge in [-0.25, -0.2) is 4.79 Å². The van der Waals surface area contributed by atoms with Crippen LogP contribution in [-0.4, -0.2) is 48.6 Å². The molecular weight excluding hydrogens is 220 g/mol. The van der Waals surface area contributed by atoms with Crippen molar-refractivity contribution < 1.29 is 14.7 Å². The van der Waals surface area contributed by atoms with Crippen LogP contribution in [0.15, 0.2) is 24.3 Å². The molecule has 0 unspecified atom stereocenters. The number of piperazine rings is 1. The van der Waals surface area contributed by atoms with E-state index in [1.54, 1.807) is 6.07 Å². The van der Waals surface area contributed by atoms with Crippen molar-refractivity contribution in [3.05, 3.63) is 29.8 Å². The lowest BCUT2D eigenvalue weighted by molar-refractivity contribution is 0.112. The van der Waals surface area contributed by atoms with E-state index in [0.717, 1.165) is 12.0 Å².